The molecule has 3 heteroatoms. The zero-order chi connectivity index (χ0) is 12.1. The van der Waals surface area contributed by atoms with Gasteiger partial charge < -0.3 is 10.1 Å². The van der Waals surface area contributed by atoms with E-state index in [4.69, 9.17) is 4.74 Å². The third-order valence-corrected chi connectivity index (χ3v) is 3.06. The smallest absolute Gasteiger partial charge is 0.162 e. The van der Waals surface area contributed by atoms with Crippen LogP contribution < -0.4 is 5.32 Å². The maximum atomic E-state index is 11.5. The van der Waals surface area contributed by atoms with Crippen molar-refractivity contribution in [2.24, 2.45) is 0 Å². The predicted molar refractivity (Wildman–Crippen MR) is 68.5 cm³/mol. The lowest BCUT2D eigenvalue weighted by atomic mass is 10.1. The van der Waals surface area contributed by atoms with Crippen LogP contribution in [0, 0.1) is 0 Å². The molecule has 1 aromatic rings. The summed E-state index contributed by atoms with van der Waals surface area (Å²) in [6.45, 7) is 3.53. The molecule has 1 aliphatic heterocycles. The molecule has 1 saturated heterocycles. The van der Waals surface area contributed by atoms with Crippen LogP contribution in [0.25, 0.3) is 0 Å². The van der Waals surface area contributed by atoms with Crippen molar-refractivity contribution < 1.29 is 9.53 Å². The van der Waals surface area contributed by atoms with Crippen LogP contribution in [0.3, 0.4) is 0 Å². The van der Waals surface area contributed by atoms with Crippen molar-refractivity contribution in [3.05, 3.63) is 29.8 Å². The van der Waals surface area contributed by atoms with Gasteiger partial charge in [-0.05, 0) is 37.1 Å². The van der Waals surface area contributed by atoms with Gasteiger partial charge in [-0.2, -0.15) is 0 Å². The Balaban J connectivity index is 1.95. The van der Waals surface area contributed by atoms with Gasteiger partial charge in [0.05, 0.1) is 6.61 Å². The predicted octanol–water partition coefficient (Wildman–Crippen LogP) is 2.87. The zero-order valence-corrected chi connectivity index (χ0v) is 10.2. The standard InChI is InChI=1S/C14H19NO2/c1-2-14(16)11-5-7-12(8-6-11)15-13-4-3-9-17-10-13/h5-8,13,15H,2-4,9-10H2,1H3. The molecule has 0 bridgehead atoms. The highest BCUT2D eigenvalue weighted by molar-refractivity contribution is 5.96. The van der Waals surface area contributed by atoms with Gasteiger partial charge in [0, 0.05) is 30.3 Å². The molecule has 0 amide bonds. The molecule has 1 unspecified atom stereocenters. The van der Waals surface area contributed by atoms with Crippen LogP contribution in [0.1, 0.15) is 36.5 Å². The molecule has 3 nitrogen and oxygen atoms in total. The number of Topliss-reactive ketones (excluding diaryl/α,β-unsaturated/α-hetero) is 1. The minimum Gasteiger partial charge on any atom is -0.380 e. The van der Waals surface area contributed by atoms with Gasteiger partial charge in [-0.15, -0.1) is 0 Å². The summed E-state index contributed by atoms with van der Waals surface area (Å²) < 4.78 is 5.42. The van der Waals surface area contributed by atoms with Gasteiger partial charge in [-0.3, -0.25) is 4.79 Å². The summed E-state index contributed by atoms with van der Waals surface area (Å²) in [5.74, 6) is 0.192. The van der Waals surface area contributed by atoms with E-state index < -0.39 is 0 Å². The average molecular weight is 233 g/mol. The van der Waals surface area contributed by atoms with Crippen molar-refractivity contribution in [2.75, 3.05) is 18.5 Å². The molecule has 1 N–H and O–H groups in total. The summed E-state index contributed by atoms with van der Waals surface area (Å²) in [6, 6.07) is 8.11. The number of ether oxygens (including phenoxy) is 1. The molecule has 0 aromatic heterocycles. The molecule has 92 valence electrons. The number of anilines is 1. The van der Waals surface area contributed by atoms with Gasteiger partial charge in [-0.1, -0.05) is 6.92 Å². The van der Waals surface area contributed by atoms with Crippen molar-refractivity contribution in [3.8, 4) is 0 Å². The molecule has 17 heavy (non-hydrogen) atoms. The van der Waals surface area contributed by atoms with Crippen LogP contribution >= 0.6 is 0 Å². The van der Waals surface area contributed by atoms with Crippen molar-refractivity contribution >= 4 is 11.5 Å². The molecule has 0 spiro atoms. The summed E-state index contributed by atoms with van der Waals surface area (Å²) in [7, 11) is 0. The third-order valence-electron chi connectivity index (χ3n) is 3.06. The van der Waals surface area contributed by atoms with Gasteiger partial charge in [0.15, 0.2) is 5.78 Å². The van der Waals surface area contributed by atoms with Gasteiger partial charge in [0.2, 0.25) is 0 Å². The van der Waals surface area contributed by atoms with Gasteiger partial charge >= 0.3 is 0 Å². The second kappa shape index (κ2) is 5.82. The Kier molecular flexibility index (Phi) is 4.15. The Hall–Kier alpha value is -1.35. The van der Waals surface area contributed by atoms with Crippen molar-refractivity contribution in [3.63, 3.8) is 0 Å². The first kappa shape index (κ1) is 12.1. The zero-order valence-electron chi connectivity index (χ0n) is 10.2. The lowest BCUT2D eigenvalue weighted by molar-refractivity contribution is 0.0876. The SMILES string of the molecule is CCC(=O)c1ccc(NC2CCCOC2)cc1. The molecule has 1 aromatic carbocycles. The second-order valence-corrected chi connectivity index (χ2v) is 4.41. The van der Waals surface area contributed by atoms with Crippen molar-refractivity contribution in [2.45, 2.75) is 32.2 Å². The van der Waals surface area contributed by atoms with Gasteiger partial charge in [-0.25, -0.2) is 0 Å². The Bertz CT molecular complexity index is 366. The molecule has 1 fully saturated rings. The summed E-state index contributed by atoms with van der Waals surface area (Å²) in [6.07, 6.45) is 2.82. The number of hydrogen-bond donors (Lipinski definition) is 1. The molecule has 1 heterocycles. The van der Waals surface area contributed by atoms with Crippen LogP contribution in [-0.4, -0.2) is 25.0 Å². The second-order valence-electron chi connectivity index (χ2n) is 4.41. The Morgan fingerprint density at radius 1 is 1.41 bits per heavy atom. The summed E-state index contributed by atoms with van der Waals surface area (Å²) in [4.78, 5) is 11.5. The molecule has 1 atom stereocenters. The van der Waals surface area contributed by atoms with Crippen LogP contribution in [0.5, 0.6) is 0 Å². The van der Waals surface area contributed by atoms with Crippen LogP contribution in [-0.2, 0) is 4.74 Å². The van der Waals surface area contributed by atoms with E-state index in [-0.39, 0.29) is 5.78 Å². The molecular weight excluding hydrogens is 214 g/mol. The number of nitrogens with one attached hydrogen (secondary N) is 1. The first-order valence-corrected chi connectivity index (χ1v) is 6.27. The molecule has 0 radical (unpaired) electrons. The minimum atomic E-state index is 0.192. The van der Waals surface area contributed by atoms with E-state index in [9.17, 15) is 4.79 Å². The highest BCUT2D eigenvalue weighted by Crippen LogP contribution is 2.15. The van der Waals surface area contributed by atoms with Crippen molar-refractivity contribution in [1.29, 1.82) is 0 Å². The van der Waals surface area contributed by atoms with E-state index >= 15 is 0 Å². The topological polar surface area (TPSA) is 38.3 Å². The Labute approximate surface area is 102 Å². The van der Waals surface area contributed by atoms with Crippen LogP contribution in [0.2, 0.25) is 0 Å². The Morgan fingerprint density at radius 2 is 2.18 bits per heavy atom. The maximum Gasteiger partial charge on any atom is 0.162 e. The van der Waals surface area contributed by atoms with Crippen molar-refractivity contribution in [1.82, 2.24) is 0 Å². The van der Waals surface area contributed by atoms with E-state index in [1.807, 2.05) is 31.2 Å². The minimum absolute atomic E-state index is 0.192. The van der Waals surface area contributed by atoms with Crippen LogP contribution in [0.4, 0.5) is 5.69 Å². The third kappa shape index (κ3) is 3.30. The molecule has 0 aliphatic carbocycles. The van der Waals surface area contributed by atoms with Gasteiger partial charge in [0.1, 0.15) is 0 Å². The summed E-state index contributed by atoms with van der Waals surface area (Å²) in [5.41, 5.74) is 1.85. The molecule has 2 rings (SSSR count). The average Bonchev–Trinajstić information content (AvgIpc) is 2.40. The van der Waals surface area contributed by atoms with Gasteiger partial charge in [0.25, 0.3) is 0 Å². The first-order valence-electron chi connectivity index (χ1n) is 6.27. The molecule has 0 saturated carbocycles. The van der Waals surface area contributed by atoms with E-state index in [0.717, 1.165) is 37.3 Å². The highest BCUT2D eigenvalue weighted by atomic mass is 16.5. The fourth-order valence-corrected chi connectivity index (χ4v) is 2.05. The summed E-state index contributed by atoms with van der Waals surface area (Å²) in [5, 5.41) is 3.43. The van der Waals surface area contributed by atoms with E-state index in [2.05, 4.69) is 5.32 Å². The number of carbonyl (C=O) groups excluding carboxylic acids is 1. The molecular formula is C14H19NO2. The normalized spacial score (nSPS) is 19.9. The number of ketones is 1. The van der Waals surface area contributed by atoms with Crippen LogP contribution in [0.15, 0.2) is 24.3 Å². The fourth-order valence-electron chi connectivity index (χ4n) is 2.05. The molecule has 1 aliphatic rings. The fraction of sp³-hybridized carbons (Fsp3) is 0.500. The largest absolute Gasteiger partial charge is 0.380 e. The lowest BCUT2D eigenvalue weighted by Crippen LogP contribution is -2.29. The highest BCUT2D eigenvalue weighted by Gasteiger charge is 2.13. The monoisotopic (exact) mass is 233 g/mol. The summed E-state index contributed by atoms with van der Waals surface area (Å²) >= 11 is 0. The van der Waals surface area contributed by atoms with E-state index in [1.165, 1.54) is 0 Å². The quantitative estimate of drug-likeness (QED) is 0.813. The number of rotatable bonds is 4. The lowest BCUT2D eigenvalue weighted by Gasteiger charge is -2.24. The number of benzene rings is 1. The number of carbonyl (C=O) groups is 1. The van der Waals surface area contributed by atoms with E-state index in [0.29, 0.717) is 12.5 Å². The van der Waals surface area contributed by atoms with E-state index in [1.54, 1.807) is 0 Å². The first-order chi connectivity index (χ1) is 8.29. The number of hydrogen-bond acceptors (Lipinski definition) is 3. The maximum absolute atomic E-state index is 11.5. The Morgan fingerprint density at radius 3 is 2.76 bits per heavy atom.